The third-order valence-corrected chi connectivity index (χ3v) is 12.0. The summed E-state index contributed by atoms with van der Waals surface area (Å²) in [5.41, 5.74) is 0. The largest absolute Gasteiger partial charge is 0.462 e. The van der Waals surface area contributed by atoms with Crippen LogP contribution >= 0.6 is 0 Å². The van der Waals surface area contributed by atoms with Crippen molar-refractivity contribution in [2.24, 2.45) is 0 Å². The fraction of sp³-hybridized carbons (Fsp3) is 0.580. The lowest BCUT2D eigenvalue weighted by Crippen LogP contribution is -2.30. The number of hydrogen-bond donors (Lipinski definition) is 0. The fourth-order valence-electron chi connectivity index (χ4n) is 7.56. The number of hydrogen-bond acceptors (Lipinski definition) is 6. The topological polar surface area (TPSA) is 78.9 Å². The zero-order chi connectivity index (χ0) is 54.3. The molecule has 1 atom stereocenters. The first-order valence-electron chi connectivity index (χ1n) is 30.0. The molecule has 0 saturated carbocycles. The number of unbranched alkanes of at least 4 members (excludes halogenated alkanes) is 15. The molecule has 0 aliphatic rings. The van der Waals surface area contributed by atoms with Crippen molar-refractivity contribution in [3.8, 4) is 0 Å². The minimum absolute atomic E-state index is 0.113. The molecule has 0 fully saturated rings. The molecule has 0 aliphatic heterocycles. The molecule has 0 aliphatic carbocycles. The Morgan fingerprint density at radius 3 is 0.827 bits per heavy atom. The van der Waals surface area contributed by atoms with Crippen molar-refractivity contribution >= 4 is 17.9 Å². The smallest absolute Gasteiger partial charge is 0.306 e. The first-order valence-corrected chi connectivity index (χ1v) is 30.0. The van der Waals surface area contributed by atoms with Crippen LogP contribution in [0.4, 0.5) is 0 Å². The molecule has 0 amide bonds. The Morgan fingerprint density at radius 1 is 0.280 bits per heavy atom. The molecule has 0 aromatic heterocycles. The van der Waals surface area contributed by atoms with Crippen molar-refractivity contribution < 1.29 is 28.6 Å². The van der Waals surface area contributed by atoms with Crippen LogP contribution in [-0.2, 0) is 28.6 Å². The maximum absolute atomic E-state index is 12.9. The Morgan fingerprint density at radius 2 is 0.520 bits per heavy atom. The highest BCUT2D eigenvalue weighted by Crippen LogP contribution is 2.13. The summed E-state index contributed by atoms with van der Waals surface area (Å²) in [5, 5.41) is 0. The van der Waals surface area contributed by atoms with Gasteiger partial charge in [-0.25, -0.2) is 0 Å². The van der Waals surface area contributed by atoms with Crippen LogP contribution in [0.1, 0.15) is 239 Å². The van der Waals surface area contributed by atoms with Crippen molar-refractivity contribution in [2.45, 2.75) is 245 Å². The molecule has 0 bridgehead atoms. The van der Waals surface area contributed by atoms with E-state index in [1.807, 2.05) is 0 Å². The third-order valence-electron chi connectivity index (χ3n) is 12.0. The number of ether oxygens (including phenoxy) is 3. The number of rotatable bonds is 52. The van der Waals surface area contributed by atoms with Gasteiger partial charge in [0.1, 0.15) is 13.2 Å². The van der Waals surface area contributed by atoms with Crippen LogP contribution in [0.5, 0.6) is 0 Å². The van der Waals surface area contributed by atoms with E-state index in [4.69, 9.17) is 14.2 Å². The van der Waals surface area contributed by atoms with E-state index in [1.54, 1.807) is 0 Å². The van der Waals surface area contributed by atoms with E-state index >= 15 is 0 Å². The van der Waals surface area contributed by atoms with Crippen molar-refractivity contribution in [1.29, 1.82) is 0 Å². The standard InChI is InChI=1S/C69H108O6/c1-4-7-10-13-16-19-22-25-28-30-31-32-33-34-35-36-37-39-41-44-47-50-53-56-59-62-68(71)74-65-66(64-73-67(70)61-58-55-52-49-46-43-40-27-24-21-18-15-12-9-6-3)75-69(72)63-60-57-54-51-48-45-42-38-29-26-23-20-17-14-11-8-5-2/h7-8,10-11,16-21,25-29,31-32,34-35,37,39-40,42,44-45,47,66H,4-6,9,12-15,22-24,30,33,36,38,41,43,46,48-65H2,1-3H3/b10-7-,11-8-,19-16-,20-17-,21-18-,28-25-,29-26-,32-31-,35-34-,39-37-,40-27-,45-42-,47-44-. The Balaban J connectivity index is 4.52. The second-order valence-corrected chi connectivity index (χ2v) is 19.1. The van der Waals surface area contributed by atoms with E-state index in [-0.39, 0.29) is 37.5 Å². The van der Waals surface area contributed by atoms with Crippen LogP contribution in [0, 0.1) is 0 Å². The molecular weight excluding hydrogens is 925 g/mol. The zero-order valence-corrected chi connectivity index (χ0v) is 48.0. The van der Waals surface area contributed by atoms with Crippen molar-refractivity contribution in [1.82, 2.24) is 0 Å². The lowest BCUT2D eigenvalue weighted by Gasteiger charge is -2.18. The van der Waals surface area contributed by atoms with Gasteiger partial charge in [-0.3, -0.25) is 14.4 Å². The van der Waals surface area contributed by atoms with Gasteiger partial charge in [-0.15, -0.1) is 0 Å². The van der Waals surface area contributed by atoms with Crippen LogP contribution in [0.25, 0.3) is 0 Å². The average Bonchev–Trinajstić information content (AvgIpc) is 3.41. The summed E-state index contributed by atoms with van der Waals surface area (Å²) in [4.78, 5) is 38.2. The van der Waals surface area contributed by atoms with Gasteiger partial charge in [0.2, 0.25) is 0 Å². The number of esters is 3. The van der Waals surface area contributed by atoms with Crippen LogP contribution in [-0.4, -0.2) is 37.2 Å². The van der Waals surface area contributed by atoms with E-state index in [0.717, 1.165) is 173 Å². The zero-order valence-electron chi connectivity index (χ0n) is 48.0. The van der Waals surface area contributed by atoms with Crippen molar-refractivity contribution in [3.63, 3.8) is 0 Å². The Bertz CT molecular complexity index is 1710. The van der Waals surface area contributed by atoms with Crippen LogP contribution in [0.2, 0.25) is 0 Å². The highest BCUT2D eigenvalue weighted by molar-refractivity contribution is 5.71. The lowest BCUT2D eigenvalue weighted by molar-refractivity contribution is -0.167. The number of allylic oxidation sites excluding steroid dienone is 26. The van der Waals surface area contributed by atoms with Gasteiger partial charge in [-0.2, -0.15) is 0 Å². The van der Waals surface area contributed by atoms with Crippen LogP contribution in [0.3, 0.4) is 0 Å². The van der Waals surface area contributed by atoms with E-state index < -0.39 is 6.10 Å². The predicted octanol–water partition coefficient (Wildman–Crippen LogP) is 20.5. The van der Waals surface area contributed by atoms with Gasteiger partial charge in [0.05, 0.1) is 0 Å². The monoisotopic (exact) mass is 1030 g/mol. The predicted molar refractivity (Wildman–Crippen MR) is 325 cm³/mol. The van der Waals surface area contributed by atoms with E-state index in [9.17, 15) is 14.4 Å². The Hall–Kier alpha value is -4.97. The maximum atomic E-state index is 12.9. The van der Waals surface area contributed by atoms with Gasteiger partial charge < -0.3 is 14.2 Å². The second kappa shape index (κ2) is 61.6. The molecule has 0 radical (unpaired) electrons. The molecule has 0 heterocycles. The van der Waals surface area contributed by atoms with Gasteiger partial charge in [-0.1, -0.05) is 230 Å². The number of carbonyl (C=O) groups excluding carboxylic acids is 3. The maximum Gasteiger partial charge on any atom is 0.306 e. The highest BCUT2D eigenvalue weighted by atomic mass is 16.6. The molecule has 0 aromatic rings. The molecule has 6 nitrogen and oxygen atoms in total. The molecule has 420 valence electrons. The van der Waals surface area contributed by atoms with Gasteiger partial charge in [-0.05, 0) is 148 Å². The summed E-state index contributed by atoms with van der Waals surface area (Å²) in [6.45, 7) is 6.31. The first-order chi connectivity index (χ1) is 37.0. The summed E-state index contributed by atoms with van der Waals surface area (Å²) in [7, 11) is 0. The molecule has 75 heavy (non-hydrogen) atoms. The number of carbonyl (C=O) groups is 3. The van der Waals surface area contributed by atoms with Crippen LogP contribution in [0.15, 0.2) is 158 Å². The minimum atomic E-state index is -0.820. The summed E-state index contributed by atoms with van der Waals surface area (Å²) < 4.78 is 16.8. The molecule has 0 saturated heterocycles. The minimum Gasteiger partial charge on any atom is -0.462 e. The van der Waals surface area contributed by atoms with E-state index in [1.165, 1.54) is 25.7 Å². The SMILES string of the molecule is CC/C=C\C/C=C\C/C=C\C/C=C\C/C=C\C/C=C\C/C=C\CCCCCC(=O)OCC(COC(=O)CCCCCCC/C=C\C/C=C\CCCCC)OC(=O)CCCCCC/C=C\C/C=C\C/C=C\C/C=C\CC. The molecule has 1 unspecified atom stereocenters. The summed E-state index contributed by atoms with van der Waals surface area (Å²) in [6, 6.07) is 0. The summed E-state index contributed by atoms with van der Waals surface area (Å²) >= 11 is 0. The molecule has 0 aromatic carbocycles. The van der Waals surface area contributed by atoms with Gasteiger partial charge in [0.15, 0.2) is 6.10 Å². The van der Waals surface area contributed by atoms with Crippen molar-refractivity contribution in [3.05, 3.63) is 158 Å². The van der Waals surface area contributed by atoms with Gasteiger partial charge in [0.25, 0.3) is 0 Å². The van der Waals surface area contributed by atoms with E-state index in [2.05, 4.69) is 179 Å². The second-order valence-electron chi connectivity index (χ2n) is 19.1. The average molecular weight is 1030 g/mol. The van der Waals surface area contributed by atoms with Gasteiger partial charge >= 0.3 is 17.9 Å². The lowest BCUT2D eigenvalue weighted by atomic mass is 10.1. The molecule has 0 spiro atoms. The van der Waals surface area contributed by atoms with Crippen LogP contribution < -0.4 is 0 Å². The van der Waals surface area contributed by atoms with Gasteiger partial charge in [0, 0.05) is 19.3 Å². The van der Waals surface area contributed by atoms with E-state index in [0.29, 0.717) is 12.8 Å². The van der Waals surface area contributed by atoms with Crippen molar-refractivity contribution in [2.75, 3.05) is 13.2 Å². The normalized spacial score (nSPS) is 13.3. The molecule has 0 N–H and O–H groups in total. The highest BCUT2D eigenvalue weighted by Gasteiger charge is 2.19. The molecule has 0 rings (SSSR count). The molecular formula is C69H108O6. The third kappa shape index (κ3) is 59.8. The Kier molecular flexibility index (Phi) is 57.5. The summed E-state index contributed by atoms with van der Waals surface area (Å²) in [6.07, 6.45) is 89.5. The summed E-state index contributed by atoms with van der Waals surface area (Å²) in [5.74, 6) is -0.990. The fourth-order valence-corrected chi connectivity index (χ4v) is 7.56. The first kappa shape index (κ1) is 70.0. The quantitative estimate of drug-likeness (QED) is 0.0261. The Labute approximate surface area is 460 Å². The molecule has 6 heteroatoms.